The van der Waals surface area contributed by atoms with Crippen molar-refractivity contribution in [2.45, 2.75) is 6.61 Å². The van der Waals surface area contributed by atoms with Crippen molar-refractivity contribution in [3.8, 4) is 5.75 Å². The summed E-state index contributed by atoms with van der Waals surface area (Å²) in [6.07, 6.45) is 3.00. The van der Waals surface area contributed by atoms with Gasteiger partial charge in [-0.05, 0) is 53.6 Å². The number of nitro groups is 1. The predicted molar refractivity (Wildman–Crippen MR) is 104 cm³/mol. The summed E-state index contributed by atoms with van der Waals surface area (Å²) < 4.78 is 5.71. The molecule has 0 saturated heterocycles. The highest BCUT2D eigenvalue weighted by Crippen LogP contribution is 2.20. The van der Waals surface area contributed by atoms with Crippen LogP contribution in [0.25, 0.3) is 0 Å². The minimum Gasteiger partial charge on any atom is -0.489 e. The van der Waals surface area contributed by atoms with Gasteiger partial charge in [0, 0.05) is 17.3 Å². The first-order chi connectivity index (χ1) is 13.1. The number of ether oxygens (including phenoxy) is 1. The van der Waals surface area contributed by atoms with Gasteiger partial charge in [-0.2, -0.15) is 5.10 Å². The van der Waals surface area contributed by atoms with Crippen LogP contribution >= 0.6 is 11.6 Å². The summed E-state index contributed by atoms with van der Waals surface area (Å²) in [5.74, 6) is 0.803. The third kappa shape index (κ3) is 5.26. The van der Waals surface area contributed by atoms with Crippen LogP contribution in [0.1, 0.15) is 11.1 Å². The van der Waals surface area contributed by atoms with Crippen LogP contribution in [-0.4, -0.2) is 16.1 Å². The molecule has 27 heavy (non-hydrogen) atoms. The largest absolute Gasteiger partial charge is 0.489 e. The summed E-state index contributed by atoms with van der Waals surface area (Å²) >= 11 is 5.86. The Morgan fingerprint density at radius 1 is 1.15 bits per heavy atom. The van der Waals surface area contributed by atoms with Gasteiger partial charge in [-0.3, -0.25) is 15.5 Å². The first-order valence-corrected chi connectivity index (χ1v) is 8.35. The molecular formula is C19H15ClN4O3. The molecule has 0 bridgehead atoms. The molecule has 7 nitrogen and oxygen atoms in total. The van der Waals surface area contributed by atoms with E-state index < -0.39 is 4.92 Å². The lowest BCUT2D eigenvalue weighted by atomic mass is 10.2. The third-order valence-electron chi connectivity index (χ3n) is 3.57. The summed E-state index contributed by atoms with van der Waals surface area (Å²) in [5, 5.41) is 15.6. The maximum atomic E-state index is 10.9. The molecule has 3 rings (SSSR count). The summed E-state index contributed by atoms with van der Waals surface area (Å²) in [7, 11) is 0. The maximum absolute atomic E-state index is 10.9. The molecule has 0 amide bonds. The number of aromatic nitrogens is 1. The van der Waals surface area contributed by atoms with Crippen molar-refractivity contribution in [2.75, 3.05) is 5.43 Å². The zero-order chi connectivity index (χ0) is 19.1. The average Bonchev–Trinajstić information content (AvgIpc) is 2.69. The Balaban J connectivity index is 1.56. The highest BCUT2D eigenvalue weighted by atomic mass is 35.5. The third-order valence-corrected chi connectivity index (χ3v) is 3.82. The lowest BCUT2D eigenvalue weighted by Crippen LogP contribution is -1.99. The molecule has 0 unspecified atom stereocenters. The number of halogens is 1. The number of hydrogen-bond donors (Lipinski definition) is 1. The van der Waals surface area contributed by atoms with Gasteiger partial charge < -0.3 is 4.74 Å². The van der Waals surface area contributed by atoms with Crippen LogP contribution in [0.4, 0.5) is 11.5 Å². The summed E-state index contributed by atoms with van der Waals surface area (Å²) in [5.41, 5.74) is 4.27. The van der Waals surface area contributed by atoms with E-state index in [1.54, 1.807) is 6.21 Å². The molecule has 0 spiro atoms. The van der Waals surface area contributed by atoms with E-state index in [4.69, 9.17) is 16.3 Å². The minimum atomic E-state index is -0.516. The number of anilines is 1. The number of nitrogens with one attached hydrogen (secondary N) is 1. The summed E-state index contributed by atoms with van der Waals surface area (Å²) in [4.78, 5) is 14.3. The molecule has 1 aromatic heterocycles. The van der Waals surface area contributed by atoms with Crippen LogP contribution in [0.5, 0.6) is 5.75 Å². The summed E-state index contributed by atoms with van der Waals surface area (Å²) in [6.45, 7) is 0.440. The Morgan fingerprint density at radius 3 is 2.59 bits per heavy atom. The van der Waals surface area contributed by atoms with E-state index in [0.717, 1.165) is 16.9 Å². The zero-order valence-electron chi connectivity index (χ0n) is 14.1. The van der Waals surface area contributed by atoms with E-state index in [2.05, 4.69) is 15.5 Å². The molecule has 1 heterocycles. The van der Waals surface area contributed by atoms with Crippen molar-refractivity contribution < 1.29 is 9.66 Å². The van der Waals surface area contributed by atoms with Crippen LogP contribution < -0.4 is 10.2 Å². The molecular weight excluding hydrogens is 368 g/mol. The molecule has 0 atom stereocenters. The Bertz CT molecular complexity index is 944. The standard InChI is InChI=1S/C19H15ClN4O3/c20-16-7-3-15(4-8-16)13-27-17-9-5-14(6-10-17)12-22-23-19-18(24(25)26)2-1-11-21-19/h1-12H,13H2,(H,21,23)/b22-12-. The number of pyridine rings is 1. The molecule has 0 aliphatic heterocycles. The van der Waals surface area contributed by atoms with Crippen molar-refractivity contribution in [1.29, 1.82) is 0 Å². The van der Waals surface area contributed by atoms with Gasteiger partial charge in [0.2, 0.25) is 5.82 Å². The van der Waals surface area contributed by atoms with Gasteiger partial charge in [0.25, 0.3) is 0 Å². The molecule has 0 aliphatic carbocycles. The minimum absolute atomic E-state index is 0.0849. The Hall–Kier alpha value is -3.45. The van der Waals surface area contributed by atoms with Crippen LogP contribution in [0, 0.1) is 10.1 Å². The van der Waals surface area contributed by atoms with Gasteiger partial charge in [-0.1, -0.05) is 23.7 Å². The second kappa shape index (κ2) is 8.77. The fourth-order valence-electron chi connectivity index (χ4n) is 2.20. The number of hydrogen-bond acceptors (Lipinski definition) is 6. The number of nitrogens with zero attached hydrogens (tertiary/aromatic N) is 3. The Kier molecular flexibility index (Phi) is 5.96. The molecule has 0 radical (unpaired) electrons. The van der Waals surface area contributed by atoms with E-state index in [-0.39, 0.29) is 11.5 Å². The molecule has 0 aliphatic rings. The fraction of sp³-hybridized carbons (Fsp3) is 0.0526. The lowest BCUT2D eigenvalue weighted by Gasteiger charge is -2.06. The van der Waals surface area contributed by atoms with Gasteiger partial charge >= 0.3 is 5.69 Å². The number of hydrazone groups is 1. The first kappa shape index (κ1) is 18.3. The van der Waals surface area contributed by atoms with Crippen molar-refractivity contribution >= 4 is 29.3 Å². The highest BCUT2D eigenvalue weighted by molar-refractivity contribution is 6.30. The normalized spacial score (nSPS) is 10.7. The van der Waals surface area contributed by atoms with E-state index >= 15 is 0 Å². The van der Waals surface area contributed by atoms with Crippen LogP contribution in [0.15, 0.2) is 72.0 Å². The van der Waals surface area contributed by atoms with Gasteiger partial charge in [0.1, 0.15) is 12.4 Å². The molecule has 0 saturated carbocycles. The van der Waals surface area contributed by atoms with Crippen LogP contribution in [0.3, 0.4) is 0 Å². The smallest absolute Gasteiger partial charge is 0.313 e. The average molecular weight is 383 g/mol. The van der Waals surface area contributed by atoms with Crippen molar-refractivity contribution in [3.63, 3.8) is 0 Å². The molecule has 0 fully saturated rings. The van der Waals surface area contributed by atoms with Crippen molar-refractivity contribution in [3.05, 3.63) is 93.1 Å². The zero-order valence-corrected chi connectivity index (χ0v) is 14.8. The SMILES string of the molecule is O=[N+]([O-])c1cccnc1N/N=C\c1ccc(OCc2ccc(Cl)cc2)cc1. The van der Waals surface area contributed by atoms with E-state index in [1.165, 1.54) is 18.3 Å². The second-order valence-electron chi connectivity index (χ2n) is 5.48. The fourth-order valence-corrected chi connectivity index (χ4v) is 2.32. The van der Waals surface area contributed by atoms with Gasteiger partial charge in [0.05, 0.1) is 11.1 Å². The van der Waals surface area contributed by atoms with E-state index in [1.807, 2.05) is 48.5 Å². The number of benzene rings is 2. The molecule has 136 valence electrons. The second-order valence-corrected chi connectivity index (χ2v) is 5.92. The van der Waals surface area contributed by atoms with Gasteiger partial charge in [-0.15, -0.1) is 0 Å². The van der Waals surface area contributed by atoms with Crippen molar-refractivity contribution in [2.24, 2.45) is 5.10 Å². The highest BCUT2D eigenvalue weighted by Gasteiger charge is 2.12. The molecule has 1 N–H and O–H groups in total. The van der Waals surface area contributed by atoms with Crippen LogP contribution in [-0.2, 0) is 6.61 Å². The quantitative estimate of drug-likeness (QED) is 0.364. The summed E-state index contributed by atoms with van der Waals surface area (Å²) in [6, 6.07) is 17.6. The van der Waals surface area contributed by atoms with Crippen molar-refractivity contribution in [1.82, 2.24) is 4.98 Å². The molecule has 2 aromatic carbocycles. The molecule has 8 heteroatoms. The lowest BCUT2D eigenvalue weighted by molar-refractivity contribution is -0.384. The van der Waals surface area contributed by atoms with Gasteiger partial charge in [-0.25, -0.2) is 4.98 Å². The van der Waals surface area contributed by atoms with Gasteiger partial charge in [0.15, 0.2) is 0 Å². The Morgan fingerprint density at radius 2 is 1.89 bits per heavy atom. The first-order valence-electron chi connectivity index (χ1n) is 7.97. The van der Waals surface area contributed by atoms with Crippen LogP contribution in [0.2, 0.25) is 5.02 Å². The monoisotopic (exact) mass is 382 g/mol. The predicted octanol–water partition coefficient (Wildman–Crippen LogP) is 4.67. The molecule has 3 aromatic rings. The maximum Gasteiger partial charge on any atom is 0.313 e. The Labute approximate surface area is 160 Å². The van der Waals surface area contributed by atoms with E-state index in [0.29, 0.717) is 11.6 Å². The van der Waals surface area contributed by atoms with E-state index in [9.17, 15) is 10.1 Å². The topological polar surface area (TPSA) is 89.7 Å². The number of rotatable bonds is 7.